The number of nitrogens with zero attached hydrogens (tertiary/aromatic N) is 2. The molecule has 5 unspecified atom stereocenters. The Bertz CT molecular complexity index is 4170. The summed E-state index contributed by atoms with van der Waals surface area (Å²) in [5.74, 6) is 6.14. The maximum Gasteiger partial charge on any atom is 0.461 e. The molecule has 1 aliphatic carbocycles. The maximum atomic E-state index is 7.81. The quantitative estimate of drug-likeness (QED) is 0.0159. The Morgan fingerprint density at radius 3 is 1.08 bits per heavy atom. The second-order valence-electron chi connectivity index (χ2n) is 31.9. The zero-order valence-electron chi connectivity index (χ0n) is 64.9. The molecule has 0 saturated heterocycles. The number of fused-ring (bicyclic) bond motifs is 9. The lowest BCUT2D eigenvalue weighted by atomic mass is 9.76. The normalized spacial score (nSPS) is 18.0. The average Bonchev–Trinajstić information content (AvgIpc) is 1.73. The summed E-state index contributed by atoms with van der Waals surface area (Å²) in [6.45, 7) is 15.8. The molecule has 105 heavy (non-hydrogen) atoms. The van der Waals surface area contributed by atoms with Gasteiger partial charge in [0.15, 0.2) is 11.5 Å². The van der Waals surface area contributed by atoms with Crippen LogP contribution in [0.5, 0.6) is 57.8 Å². The van der Waals surface area contributed by atoms with Crippen LogP contribution < -0.4 is 37.3 Å². The third-order valence-electron chi connectivity index (χ3n) is 23.9. The van der Waals surface area contributed by atoms with Crippen molar-refractivity contribution >= 4 is 41.1 Å². The van der Waals surface area contributed by atoms with Gasteiger partial charge >= 0.3 is 8.56 Å². The van der Waals surface area contributed by atoms with E-state index in [-0.39, 0.29) is 37.3 Å². The second kappa shape index (κ2) is 38.0. The molecule has 11 heteroatoms. The summed E-state index contributed by atoms with van der Waals surface area (Å²) in [6.07, 6.45) is 50.3. The van der Waals surface area contributed by atoms with Gasteiger partial charge in [0.1, 0.15) is 45.5 Å². The molecule has 9 bridgehead atoms. The maximum absolute atomic E-state index is 7.81. The van der Waals surface area contributed by atoms with Gasteiger partial charge in [-0.25, -0.2) is 9.97 Å². The van der Waals surface area contributed by atoms with Crippen molar-refractivity contribution in [1.82, 2.24) is 9.97 Å². The minimum absolute atomic E-state index is 0.000282. The monoisotopic (exact) mass is 1440 g/mol. The van der Waals surface area contributed by atoms with Crippen molar-refractivity contribution in [3.63, 3.8) is 0 Å². The van der Waals surface area contributed by atoms with Gasteiger partial charge in [0.05, 0.1) is 0 Å². The van der Waals surface area contributed by atoms with E-state index >= 15 is 0 Å². The van der Waals surface area contributed by atoms with Crippen molar-refractivity contribution in [3.05, 3.63) is 154 Å². The molecule has 10 nitrogen and oxygen atoms in total. The van der Waals surface area contributed by atoms with Crippen LogP contribution in [0.1, 0.15) is 353 Å². The van der Waals surface area contributed by atoms with Crippen LogP contribution in [-0.2, 0) is 0 Å². The van der Waals surface area contributed by atoms with Crippen molar-refractivity contribution in [2.24, 2.45) is 0 Å². The third-order valence-corrected chi connectivity index (χ3v) is 26.2. The highest BCUT2D eigenvalue weighted by atomic mass is 28.4. The largest absolute Gasteiger partial charge is 0.511 e. The molecule has 5 atom stereocenters. The standard InChI is InChI=1S/C94H124N2O8Si/c1-7-12-16-20-24-28-32-36-40-48-68-67-57-82-73(51-43-39-35-31-27-23-19-15-10-4)81-61-80-72(50-42-38-34-30-26-22-18-14-9-3)79-60-78-71(49-41-37-33-29-25-21-17-13-8-2)77-59-76(68)83-62-84(77)97-65-98-85(78)63-86(79)101-93-94(96-91-75-55-47-45-53-70(75)69-52-44-46-54-74(69)90(91)95-93)102-87(80)64-88(81)103-105(6,56-11-5)104-92(82)89(58-67)100-66-99-83/h11,44-47,52-55,57-64,68,71-73H,5,7-10,12-43,48-51,56,65-66H2,1-4,6H3. The molecule has 5 heterocycles. The molecule has 562 valence electrons. The highest BCUT2D eigenvalue weighted by Gasteiger charge is 2.44. The Morgan fingerprint density at radius 1 is 0.343 bits per heavy atom. The minimum atomic E-state index is -3.31. The van der Waals surface area contributed by atoms with Crippen LogP contribution in [0, 0.1) is 0 Å². The fourth-order valence-electron chi connectivity index (χ4n) is 18.1. The highest BCUT2D eigenvalue weighted by Crippen LogP contribution is 2.58. The van der Waals surface area contributed by atoms with Gasteiger partial charge in [0.25, 0.3) is 11.8 Å². The summed E-state index contributed by atoms with van der Waals surface area (Å²) in [7, 11) is -3.31. The van der Waals surface area contributed by atoms with Gasteiger partial charge in [0.2, 0.25) is 13.6 Å². The SMILES string of the molecule is C=CC[Si]1(C)Oc2cc3c4cc2C(CCCCCCCCCCC)c2cc5cc(c2O1)OCOc1cc2c(cc1C5CCCCCCCCCCC)C(CCCCCCCCCCC)c1cc(c(cc1OCO2)Oc1nc2c5ccccc5c5ccccc5c2nc1O3)C4CCCCCCCCCCC. The molecule has 8 aromatic rings. The van der Waals surface area contributed by atoms with E-state index in [2.05, 4.69) is 138 Å². The lowest BCUT2D eigenvalue weighted by Gasteiger charge is -2.37. The van der Waals surface area contributed by atoms with Crippen LogP contribution in [0.2, 0.25) is 12.6 Å². The smallest absolute Gasteiger partial charge is 0.461 e. The Balaban J connectivity index is 1.05. The molecule has 0 fully saturated rings. The van der Waals surface area contributed by atoms with E-state index in [1.54, 1.807) is 0 Å². The van der Waals surface area contributed by atoms with Crippen molar-refractivity contribution in [2.75, 3.05) is 13.6 Å². The molecule has 13 rings (SSSR count). The number of aromatic nitrogens is 2. The Labute approximate surface area is 631 Å². The number of allylic oxidation sites excluding steroid dienone is 1. The summed E-state index contributed by atoms with van der Waals surface area (Å²) in [4.78, 5) is 11.3. The molecule has 0 spiro atoms. The first-order valence-corrected chi connectivity index (χ1v) is 45.0. The summed E-state index contributed by atoms with van der Waals surface area (Å²) in [5.41, 5.74) is 10.8. The van der Waals surface area contributed by atoms with E-state index in [4.69, 9.17) is 47.2 Å². The average molecular weight is 1440 g/mol. The van der Waals surface area contributed by atoms with Crippen molar-refractivity contribution in [1.29, 1.82) is 0 Å². The van der Waals surface area contributed by atoms with E-state index < -0.39 is 8.56 Å². The van der Waals surface area contributed by atoms with Gasteiger partial charge < -0.3 is 37.3 Å². The van der Waals surface area contributed by atoms with Crippen molar-refractivity contribution in [3.8, 4) is 57.8 Å². The number of rotatable bonds is 42. The van der Waals surface area contributed by atoms with Crippen molar-refractivity contribution in [2.45, 2.75) is 321 Å². The summed E-state index contributed by atoms with van der Waals surface area (Å²) in [6, 6.07) is 36.8. The lowest BCUT2D eigenvalue weighted by Crippen LogP contribution is -2.46. The zero-order chi connectivity index (χ0) is 72.2. The highest BCUT2D eigenvalue weighted by molar-refractivity contribution is 6.68. The first-order valence-electron chi connectivity index (χ1n) is 42.5. The van der Waals surface area contributed by atoms with Crippen LogP contribution in [0.4, 0.5) is 0 Å². The summed E-state index contributed by atoms with van der Waals surface area (Å²) in [5, 5.41) is 4.22. The van der Waals surface area contributed by atoms with Crippen LogP contribution in [-0.4, -0.2) is 32.1 Å². The second-order valence-corrected chi connectivity index (χ2v) is 35.0. The van der Waals surface area contributed by atoms with Crippen LogP contribution in [0.15, 0.2) is 110 Å². The van der Waals surface area contributed by atoms with E-state index in [1.807, 2.05) is 6.08 Å². The predicted molar refractivity (Wildman–Crippen MR) is 435 cm³/mol. The molecular weight excluding hydrogens is 1310 g/mol. The van der Waals surface area contributed by atoms with E-state index in [1.165, 1.54) is 203 Å². The van der Waals surface area contributed by atoms with Crippen LogP contribution in [0.3, 0.4) is 0 Å². The van der Waals surface area contributed by atoms with Gasteiger partial charge in [-0.05, 0) is 66.3 Å². The Kier molecular flexibility index (Phi) is 27.5. The number of unbranched alkanes of at least 4 members (excludes halogenated alkanes) is 32. The Morgan fingerprint density at radius 2 is 0.667 bits per heavy atom. The first kappa shape index (κ1) is 76.0. The van der Waals surface area contributed by atoms with Crippen LogP contribution >= 0.6 is 0 Å². The molecule has 0 amide bonds. The molecule has 0 saturated carbocycles. The van der Waals surface area contributed by atoms with Crippen molar-refractivity contribution < 1.29 is 37.3 Å². The molecule has 0 radical (unpaired) electrons. The van der Waals surface area contributed by atoms with E-state index in [0.29, 0.717) is 35.1 Å². The summed E-state index contributed by atoms with van der Waals surface area (Å²) < 4.78 is 59.4. The summed E-state index contributed by atoms with van der Waals surface area (Å²) >= 11 is 0. The number of hydrogen-bond donors (Lipinski definition) is 0. The van der Waals surface area contributed by atoms with E-state index in [9.17, 15) is 0 Å². The molecule has 5 aliphatic rings. The first-order chi connectivity index (χ1) is 51.8. The molecule has 7 aromatic carbocycles. The third kappa shape index (κ3) is 18.5. The Hall–Kier alpha value is -7.24. The molecule has 4 aliphatic heterocycles. The predicted octanol–water partition coefficient (Wildman–Crippen LogP) is 28.8. The topological polar surface area (TPSA) is 99.6 Å². The fraction of sp³-hybridized carbons (Fsp3) is 0.553. The van der Waals surface area contributed by atoms with Gasteiger partial charge in [-0.1, -0.05) is 320 Å². The zero-order valence-corrected chi connectivity index (χ0v) is 65.9. The fourth-order valence-corrected chi connectivity index (χ4v) is 20.1. The minimum Gasteiger partial charge on any atom is -0.511 e. The van der Waals surface area contributed by atoms with Gasteiger partial charge in [-0.2, -0.15) is 0 Å². The lowest BCUT2D eigenvalue weighted by molar-refractivity contribution is 0.107. The van der Waals surface area contributed by atoms with Gasteiger partial charge in [-0.3, -0.25) is 0 Å². The molecule has 1 aromatic heterocycles. The number of ether oxygens (including phenoxy) is 6. The van der Waals surface area contributed by atoms with Gasteiger partial charge in [-0.15, -0.1) is 6.58 Å². The number of hydrogen-bond acceptors (Lipinski definition) is 10. The van der Waals surface area contributed by atoms with Crippen LogP contribution in [0.25, 0.3) is 32.6 Å². The van der Waals surface area contributed by atoms with E-state index in [0.717, 1.165) is 160 Å². The molecular formula is C94H124N2O8Si. The number of benzene rings is 7. The molecule has 0 N–H and O–H groups in total. The van der Waals surface area contributed by atoms with Gasteiger partial charge in [0, 0.05) is 104 Å².